The van der Waals surface area contributed by atoms with Crippen LogP contribution < -0.4 is 5.32 Å². The van der Waals surface area contributed by atoms with Crippen molar-refractivity contribution >= 4 is 29.3 Å². The van der Waals surface area contributed by atoms with Gasteiger partial charge in [-0.3, -0.25) is 9.89 Å². The minimum atomic E-state index is 0.159. The first-order valence-corrected chi connectivity index (χ1v) is 9.68. The minimum absolute atomic E-state index is 0.159. The highest BCUT2D eigenvalue weighted by atomic mass is 32.2. The third kappa shape index (κ3) is 4.71. The second-order valence-electron chi connectivity index (χ2n) is 6.76. The Bertz CT molecular complexity index is 965. The van der Waals surface area contributed by atoms with Gasteiger partial charge < -0.3 is 5.32 Å². The molecule has 1 aromatic carbocycles. The molecule has 1 aliphatic carbocycles. The molecule has 0 aliphatic heterocycles. The van der Waals surface area contributed by atoms with Crippen molar-refractivity contribution in [3.63, 3.8) is 0 Å². The van der Waals surface area contributed by atoms with Gasteiger partial charge in [-0.25, -0.2) is 4.98 Å². The maximum absolute atomic E-state index is 11.2. The van der Waals surface area contributed by atoms with Crippen molar-refractivity contribution in [3.05, 3.63) is 47.4 Å². The molecule has 7 nitrogen and oxygen atoms in total. The van der Waals surface area contributed by atoms with E-state index in [1.54, 1.807) is 6.92 Å². The first-order valence-electron chi connectivity index (χ1n) is 8.86. The highest BCUT2D eigenvalue weighted by Crippen LogP contribution is 2.39. The molecule has 1 fully saturated rings. The molecule has 2 aromatic heterocycles. The number of anilines is 2. The molecule has 1 saturated carbocycles. The Balaban J connectivity index is 1.55. The topological polar surface area (TPSA) is 96.5 Å². The van der Waals surface area contributed by atoms with Crippen LogP contribution in [0.1, 0.15) is 42.8 Å². The number of aryl methyl sites for hydroxylation is 1. The summed E-state index contributed by atoms with van der Waals surface area (Å²) in [6.45, 7) is 3.54. The minimum Gasteiger partial charge on any atom is -0.307 e. The molecule has 0 saturated heterocycles. The summed E-state index contributed by atoms with van der Waals surface area (Å²) in [7, 11) is 0. The number of carbonyl (C=O) groups is 1. The zero-order chi connectivity index (χ0) is 18.8. The summed E-state index contributed by atoms with van der Waals surface area (Å²) in [5, 5.41) is 10.9. The zero-order valence-electron chi connectivity index (χ0n) is 15.2. The Hall–Kier alpha value is -2.74. The number of carbonyl (C=O) groups excluding carboxylic acids is 1. The number of aromatic nitrogens is 5. The lowest BCUT2D eigenvalue weighted by molar-refractivity contribution is -0.116. The quantitative estimate of drug-likeness (QED) is 0.643. The average Bonchev–Trinajstić information content (AvgIpc) is 3.39. The Morgan fingerprint density at radius 2 is 2.00 bits per heavy atom. The standard InChI is InChI=1S/C19H20N6OS/c1-11-9-16(25-24-11)20-18-21-17(14-5-6-14)22-19(23-18)27-15-7-3-13(4-8-15)10-12(2)26/h3-4,7-9,14H,5-6,10H2,1-2H3,(H2,20,21,22,23,24,25). The lowest BCUT2D eigenvalue weighted by atomic mass is 10.1. The van der Waals surface area contributed by atoms with Crippen molar-refractivity contribution < 1.29 is 4.79 Å². The summed E-state index contributed by atoms with van der Waals surface area (Å²) >= 11 is 1.49. The first-order chi connectivity index (χ1) is 13.0. The number of ketones is 1. The van der Waals surface area contributed by atoms with E-state index >= 15 is 0 Å². The van der Waals surface area contributed by atoms with Crippen LogP contribution in [-0.4, -0.2) is 30.9 Å². The van der Waals surface area contributed by atoms with Crippen LogP contribution in [0.2, 0.25) is 0 Å². The summed E-state index contributed by atoms with van der Waals surface area (Å²) in [5.74, 6) is 2.60. The van der Waals surface area contributed by atoms with Crippen LogP contribution in [0.4, 0.5) is 11.8 Å². The second-order valence-corrected chi connectivity index (χ2v) is 7.80. The largest absolute Gasteiger partial charge is 0.307 e. The molecular formula is C19H20N6OS. The van der Waals surface area contributed by atoms with Crippen molar-refractivity contribution in [1.82, 2.24) is 25.1 Å². The molecule has 1 aliphatic rings. The maximum Gasteiger partial charge on any atom is 0.232 e. The molecule has 0 atom stereocenters. The van der Waals surface area contributed by atoms with E-state index in [2.05, 4.69) is 30.5 Å². The highest BCUT2D eigenvalue weighted by molar-refractivity contribution is 7.99. The number of aromatic amines is 1. The van der Waals surface area contributed by atoms with Crippen molar-refractivity contribution in [3.8, 4) is 0 Å². The van der Waals surface area contributed by atoms with E-state index in [-0.39, 0.29) is 5.78 Å². The normalized spacial score (nSPS) is 13.6. The van der Waals surface area contributed by atoms with Gasteiger partial charge in [-0.05, 0) is 56.1 Å². The summed E-state index contributed by atoms with van der Waals surface area (Å²) in [4.78, 5) is 26.0. The molecule has 0 spiro atoms. The van der Waals surface area contributed by atoms with Crippen molar-refractivity contribution in [1.29, 1.82) is 0 Å². The smallest absolute Gasteiger partial charge is 0.232 e. The number of H-pyrrole nitrogens is 1. The van der Waals surface area contributed by atoms with Crippen molar-refractivity contribution in [2.75, 3.05) is 5.32 Å². The van der Waals surface area contributed by atoms with Crippen LogP contribution >= 0.6 is 11.8 Å². The fraction of sp³-hybridized carbons (Fsp3) is 0.316. The third-order valence-electron chi connectivity index (χ3n) is 4.11. The van der Waals surface area contributed by atoms with Gasteiger partial charge >= 0.3 is 0 Å². The van der Waals surface area contributed by atoms with Gasteiger partial charge in [0.1, 0.15) is 11.6 Å². The summed E-state index contributed by atoms with van der Waals surface area (Å²) in [6, 6.07) is 9.83. The molecule has 4 rings (SSSR count). The van der Waals surface area contributed by atoms with E-state index in [0.29, 0.717) is 29.3 Å². The highest BCUT2D eigenvalue weighted by Gasteiger charge is 2.28. The predicted molar refractivity (Wildman–Crippen MR) is 103 cm³/mol. The van der Waals surface area contributed by atoms with Crippen LogP contribution in [-0.2, 0) is 11.2 Å². The van der Waals surface area contributed by atoms with Crippen LogP contribution in [0.5, 0.6) is 0 Å². The Labute approximate surface area is 161 Å². The molecule has 27 heavy (non-hydrogen) atoms. The van der Waals surface area contributed by atoms with Crippen LogP contribution in [0.25, 0.3) is 0 Å². The van der Waals surface area contributed by atoms with Crippen molar-refractivity contribution in [2.24, 2.45) is 0 Å². The van der Waals surface area contributed by atoms with Crippen LogP contribution in [0, 0.1) is 6.92 Å². The zero-order valence-corrected chi connectivity index (χ0v) is 16.0. The number of hydrogen-bond donors (Lipinski definition) is 2. The van der Waals surface area contributed by atoms with E-state index in [9.17, 15) is 4.79 Å². The van der Waals surface area contributed by atoms with E-state index in [0.717, 1.165) is 34.8 Å². The second kappa shape index (κ2) is 7.48. The fourth-order valence-corrected chi connectivity index (χ4v) is 3.42. The van der Waals surface area contributed by atoms with Crippen molar-refractivity contribution in [2.45, 2.75) is 49.1 Å². The van der Waals surface area contributed by atoms with Gasteiger partial charge in [0.05, 0.1) is 0 Å². The number of hydrogen-bond acceptors (Lipinski definition) is 7. The molecule has 0 unspecified atom stereocenters. The maximum atomic E-state index is 11.2. The lowest BCUT2D eigenvalue weighted by Crippen LogP contribution is -2.04. The Kier molecular flexibility index (Phi) is 4.89. The first kappa shape index (κ1) is 17.7. The summed E-state index contributed by atoms with van der Waals surface area (Å²) < 4.78 is 0. The van der Waals surface area contributed by atoms with Gasteiger partial charge in [0.2, 0.25) is 5.95 Å². The lowest BCUT2D eigenvalue weighted by Gasteiger charge is -2.07. The number of nitrogens with one attached hydrogen (secondary N) is 2. The molecular weight excluding hydrogens is 360 g/mol. The SMILES string of the molecule is CC(=O)Cc1ccc(Sc2nc(Nc3cc(C)[nH]n3)nc(C3CC3)n2)cc1. The third-order valence-corrected chi connectivity index (χ3v) is 4.98. The van der Waals surface area contributed by atoms with E-state index < -0.39 is 0 Å². The molecule has 2 N–H and O–H groups in total. The van der Waals surface area contributed by atoms with E-state index in [1.807, 2.05) is 37.3 Å². The van der Waals surface area contributed by atoms with Crippen LogP contribution in [0.15, 0.2) is 40.4 Å². The monoisotopic (exact) mass is 380 g/mol. The van der Waals surface area contributed by atoms with Gasteiger partial charge in [-0.15, -0.1) is 0 Å². The average molecular weight is 380 g/mol. The van der Waals surface area contributed by atoms with Crippen LogP contribution in [0.3, 0.4) is 0 Å². The molecule has 0 radical (unpaired) electrons. The fourth-order valence-electron chi connectivity index (χ4n) is 2.66. The van der Waals surface area contributed by atoms with Gasteiger partial charge in [0.25, 0.3) is 0 Å². The predicted octanol–water partition coefficient (Wildman–Crippen LogP) is 3.81. The van der Waals surface area contributed by atoms with E-state index in [4.69, 9.17) is 0 Å². The van der Waals surface area contributed by atoms with E-state index in [1.165, 1.54) is 11.8 Å². The molecule has 8 heteroatoms. The Morgan fingerprint density at radius 1 is 1.22 bits per heavy atom. The van der Waals surface area contributed by atoms with Gasteiger partial charge in [-0.1, -0.05) is 12.1 Å². The molecule has 2 heterocycles. The summed E-state index contributed by atoms with van der Waals surface area (Å²) in [6.07, 6.45) is 2.70. The number of benzene rings is 1. The summed E-state index contributed by atoms with van der Waals surface area (Å²) in [5.41, 5.74) is 1.98. The molecule has 0 bridgehead atoms. The Morgan fingerprint density at radius 3 is 2.63 bits per heavy atom. The number of nitrogens with zero attached hydrogens (tertiary/aromatic N) is 4. The van der Waals surface area contributed by atoms with Gasteiger partial charge in [0.15, 0.2) is 11.0 Å². The number of Topliss-reactive ketones (excluding diaryl/α,β-unsaturated/α-hetero) is 1. The van der Waals surface area contributed by atoms with Gasteiger partial charge in [0, 0.05) is 29.0 Å². The molecule has 3 aromatic rings. The molecule has 138 valence electrons. The molecule has 0 amide bonds. The number of rotatable bonds is 7. The van der Waals surface area contributed by atoms with Gasteiger partial charge in [-0.2, -0.15) is 15.1 Å².